The van der Waals surface area contributed by atoms with Gasteiger partial charge in [-0.3, -0.25) is 4.72 Å². The van der Waals surface area contributed by atoms with Crippen molar-refractivity contribution >= 4 is 32.3 Å². The first-order valence-electron chi connectivity index (χ1n) is 10.7. The Bertz CT molecular complexity index is 1200. The number of sulfonamides is 1. The number of fused-ring (bicyclic) bond motifs is 1. The highest BCUT2D eigenvalue weighted by atomic mass is 32.2. The number of anilines is 2. The molecule has 31 heavy (non-hydrogen) atoms. The monoisotopic (exact) mass is 439 g/mol. The fourth-order valence-corrected chi connectivity index (χ4v) is 4.78. The average molecular weight is 440 g/mol. The van der Waals surface area contributed by atoms with Gasteiger partial charge in [0.25, 0.3) is 0 Å². The van der Waals surface area contributed by atoms with Crippen LogP contribution in [0.2, 0.25) is 0 Å². The Morgan fingerprint density at radius 3 is 2.65 bits per heavy atom. The Hall–Kier alpha value is -2.71. The van der Waals surface area contributed by atoms with Crippen molar-refractivity contribution in [1.29, 1.82) is 0 Å². The van der Waals surface area contributed by atoms with Crippen LogP contribution < -0.4 is 10.0 Å². The number of hydrogen-bond donors (Lipinski definition) is 2. The molecule has 1 aliphatic rings. The molecule has 0 radical (unpaired) electrons. The van der Waals surface area contributed by atoms with Crippen molar-refractivity contribution in [3.8, 4) is 11.3 Å². The topological polar surface area (TPSA) is 87.2 Å². The van der Waals surface area contributed by atoms with Gasteiger partial charge in [0.05, 0.1) is 11.9 Å². The molecule has 2 N–H and O–H groups in total. The van der Waals surface area contributed by atoms with Gasteiger partial charge in [0.2, 0.25) is 10.0 Å². The molecule has 0 saturated carbocycles. The van der Waals surface area contributed by atoms with E-state index < -0.39 is 10.0 Å². The number of aromatic nitrogens is 2. The lowest BCUT2D eigenvalue weighted by molar-refractivity contribution is 0.226. The third-order valence-corrected chi connectivity index (χ3v) is 6.30. The third-order valence-electron chi connectivity index (χ3n) is 5.71. The van der Waals surface area contributed by atoms with Crippen molar-refractivity contribution in [2.75, 3.05) is 35.9 Å². The Labute approximate surface area is 183 Å². The van der Waals surface area contributed by atoms with Crippen molar-refractivity contribution in [2.45, 2.75) is 32.7 Å². The lowest BCUT2D eigenvalue weighted by Gasteiger charge is -2.32. The van der Waals surface area contributed by atoms with Crippen LogP contribution in [0.15, 0.2) is 42.5 Å². The molecule has 1 fully saturated rings. The molecular weight excluding hydrogens is 410 g/mol. The summed E-state index contributed by atoms with van der Waals surface area (Å²) >= 11 is 0. The minimum Gasteiger partial charge on any atom is -0.364 e. The summed E-state index contributed by atoms with van der Waals surface area (Å²) in [7, 11) is -3.43. The van der Waals surface area contributed by atoms with Crippen LogP contribution in [0, 0.1) is 6.92 Å². The van der Waals surface area contributed by atoms with Gasteiger partial charge in [0, 0.05) is 28.9 Å². The second-order valence-electron chi connectivity index (χ2n) is 8.24. The van der Waals surface area contributed by atoms with E-state index in [1.807, 2.05) is 49.4 Å². The number of rotatable bonds is 6. The molecule has 1 saturated heterocycles. The number of hydrogen-bond acceptors (Lipinski definition) is 6. The normalized spacial score (nSPS) is 17.6. The van der Waals surface area contributed by atoms with Crippen LogP contribution in [-0.4, -0.2) is 55.4 Å². The van der Waals surface area contributed by atoms with E-state index in [-0.39, 0.29) is 0 Å². The van der Waals surface area contributed by atoms with Gasteiger partial charge in [-0.1, -0.05) is 43.3 Å². The van der Waals surface area contributed by atoms with Gasteiger partial charge in [0.1, 0.15) is 5.69 Å². The van der Waals surface area contributed by atoms with E-state index in [4.69, 9.17) is 0 Å². The van der Waals surface area contributed by atoms with Crippen LogP contribution in [-0.2, 0) is 10.0 Å². The molecule has 0 aliphatic carbocycles. The Balaban J connectivity index is 1.76. The lowest BCUT2D eigenvalue weighted by Crippen LogP contribution is -2.42. The van der Waals surface area contributed by atoms with Crippen LogP contribution in [0.3, 0.4) is 0 Å². The number of likely N-dealkylation sites (tertiary alicyclic amines) is 1. The largest absolute Gasteiger partial charge is 0.364 e. The predicted octanol–water partition coefficient (Wildman–Crippen LogP) is 3.87. The molecule has 2 heterocycles. The molecular formula is C23H29N5O2S. The Morgan fingerprint density at radius 1 is 1.13 bits per heavy atom. The number of aryl methyl sites for hydroxylation is 1. The molecule has 3 aromatic rings. The highest BCUT2D eigenvalue weighted by Gasteiger charge is 2.21. The summed E-state index contributed by atoms with van der Waals surface area (Å²) in [6.07, 6.45) is 3.42. The molecule has 164 valence electrons. The SMILES string of the molecule is CCN1CCCC(Nc2nnc(-c3ccc(C)cc3NS(C)(=O)=O)c3ccccc23)C1. The summed E-state index contributed by atoms with van der Waals surface area (Å²) in [4.78, 5) is 2.45. The molecule has 7 nitrogen and oxygen atoms in total. The van der Waals surface area contributed by atoms with E-state index in [9.17, 15) is 8.42 Å². The third kappa shape index (κ3) is 4.97. The molecule has 1 atom stereocenters. The molecule has 1 aromatic heterocycles. The van der Waals surface area contributed by atoms with E-state index in [0.29, 0.717) is 23.0 Å². The molecule has 4 rings (SSSR count). The smallest absolute Gasteiger partial charge is 0.229 e. The zero-order chi connectivity index (χ0) is 22.0. The van der Waals surface area contributed by atoms with Crippen molar-refractivity contribution in [3.63, 3.8) is 0 Å². The molecule has 0 bridgehead atoms. The summed E-state index contributed by atoms with van der Waals surface area (Å²) in [6, 6.07) is 14.0. The zero-order valence-corrected chi connectivity index (χ0v) is 19.0. The number of nitrogens with one attached hydrogen (secondary N) is 2. The molecule has 0 amide bonds. The van der Waals surface area contributed by atoms with Crippen molar-refractivity contribution in [1.82, 2.24) is 15.1 Å². The van der Waals surface area contributed by atoms with Crippen LogP contribution in [0.4, 0.5) is 11.5 Å². The van der Waals surface area contributed by atoms with Crippen molar-refractivity contribution in [2.24, 2.45) is 0 Å². The van der Waals surface area contributed by atoms with E-state index in [0.717, 1.165) is 54.5 Å². The summed E-state index contributed by atoms with van der Waals surface area (Å²) in [5.41, 5.74) is 2.84. The number of piperidine rings is 1. The summed E-state index contributed by atoms with van der Waals surface area (Å²) < 4.78 is 26.5. The highest BCUT2D eigenvalue weighted by molar-refractivity contribution is 7.92. The van der Waals surface area contributed by atoms with Crippen LogP contribution in [0.25, 0.3) is 22.0 Å². The molecule has 1 aliphatic heterocycles. The minimum absolute atomic E-state index is 0.332. The average Bonchev–Trinajstić information content (AvgIpc) is 2.74. The van der Waals surface area contributed by atoms with Crippen molar-refractivity contribution in [3.05, 3.63) is 48.0 Å². The quantitative estimate of drug-likeness (QED) is 0.606. The second kappa shape index (κ2) is 8.80. The standard InChI is InChI=1S/C23H29N5O2S/c1-4-28-13-7-8-17(15-28)24-23-19-10-6-5-9-18(19)22(25-26-23)20-12-11-16(2)14-21(20)27-31(3,29)30/h5-6,9-12,14,17,27H,4,7-8,13,15H2,1-3H3,(H,24,26). The maximum Gasteiger partial charge on any atom is 0.229 e. The van der Waals surface area contributed by atoms with Gasteiger partial charge in [-0.05, 0) is 44.5 Å². The van der Waals surface area contributed by atoms with Gasteiger partial charge in [-0.2, -0.15) is 0 Å². The van der Waals surface area contributed by atoms with Gasteiger partial charge in [-0.25, -0.2) is 8.42 Å². The first-order valence-corrected chi connectivity index (χ1v) is 12.6. The van der Waals surface area contributed by atoms with Crippen LogP contribution >= 0.6 is 0 Å². The lowest BCUT2D eigenvalue weighted by atomic mass is 10.0. The van der Waals surface area contributed by atoms with E-state index >= 15 is 0 Å². The maximum atomic E-state index is 11.9. The Morgan fingerprint density at radius 2 is 1.90 bits per heavy atom. The highest BCUT2D eigenvalue weighted by Crippen LogP contribution is 2.35. The van der Waals surface area contributed by atoms with Gasteiger partial charge < -0.3 is 10.2 Å². The first-order chi connectivity index (χ1) is 14.8. The zero-order valence-electron chi connectivity index (χ0n) is 18.2. The molecule has 2 aromatic carbocycles. The van der Waals surface area contributed by atoms with Crippen LogP contribution in [0.5, 0.6) is 0 Å². The van der Waals surface area contributed by atoms with E-state index in [1.165, 1.54) is 6.42 Å². The molecule has 8 heteroatoms. The van der Waals surface area contributed by atoms with Crippen molar-refractivity contribution < 1.29 is 8.42 Å². The second-order valence-corrected chi connectivity index (χ2v) is 9.99. The fourth-order valence-electron chi connectivity index (χ4n) is 4.21. The molecule has 0 spiro atoms. The predicted molar refractivity (Wildman–Crippen MR) is 127 cm³/mol. The maximum absolute atomic E-state index is 11.9. The summed E-state index contributed by atoms with van der Waals surface area (Å²) in [5, 5.41) is 14.6. The summed E-state index contributed by atoms with van der Waals surface area (Å²) in [6.45, 7) is 7.30. The summed E-state index contributed by atoms with van der Waals surface area (Å²) in [5.74, 6) is 0.770. The number of likely N-dealkylation sites (N-methyl/N-ethyl adjacent to an activating group) is 1. The minimum atomic E-state index is -3.43. The van der Waals surface area contributed by atoms with Gasteiger partial charge in [-0.15, -0.1) is 10.2 Å². The molecule has 1 unspecified atom stereocenters. The Kier molecular flexibility index (Phi) is 6.11. The number of nitrogens with zero attached hydrogens (tertiary/aromatic N) is 3. The first kappa shape index (κ1) is 21.5. The van der Waals surface area contributed by atoms with Gasteiger partial charge >= 0.3 is 0 Å². The van der Waals surface area contributed by atoms with Gasteiger partial charge in [0.15, 0.2) is 5.82 Å². The number of benzene rings is 2. The van der Waals surface area contributed by atoms with E-state index in [1.54, 1.807) is 0 Å². The van der Waals surface area contributed by atoms with E-state index in [2.05, 4.69) is 32.1 Å². The van der Waals surface area contributed by atoms with Crippen LogP contribution in [0.1, 0.15) is 25.3 Å². The fraction of sp³-hybridized carbons (Fsp3) is 0.391.